The Labute approximate surface area is 111 Å². The van der Waals surface area contributed by atoms with E-state index in [4.69, 9.17) is 0 Å². The van der Waals surface area contributed by atoms with E-state index in [9.17, 15) is 0 Å². The highest BCUT2D eigenvalue weighted by Gasteiger charge is 2.11. The van der Waals surface area contributed by atoms with Crippen molar-refractivity contribution in [3.8, 4) is 0 Å². The number of nitrogens with zero attached hydrogens (tertiary/aromatic N) is 3. The number of aryl methyl sites for hydroxylation is 1. The van der Waals surface area contributed by atoms with Crippen LogP contribution in [0.25, 0.3) is 0 Å². The van der Waals surface area contributed by atoms with Crippen LogP contribution in [0.3, 0.4) is 0 Å². The molecule has 104 valence electrons. The third kappa shape index (κ3) is 4.42. The van der Waals surface area contributed by atoms with Gasteiger partial charge in [-0.25, -0.2) is 0 Å². The van der Waals surface area contributed by atoms with Crippen molar-refractivity contribution in [2.24, 2.45) is 0 Å². The highest BCUT2D eigenvalue weighted by atomic mass is 15.3. The number of hydrogen-bond acceptors (Lipinski definition) is 3. The Morgan fingerprint density at radius 2 is 1.94 bits per heavy atom. The van der Waals surface area contributed by atoms with Crippen molar-refractivity contribution in [1.82, 2.24) is 20.0 Å². The highest BCUT2D eigenvalue weighted by Crippen LogP contribution is 2.13. The third-order valence-corrected chi connectivity index (χ3v) is 3.22. The molecule has 0 aliphatic carbocycles. The molecule has 18 heavy (non-hydrogen) atoms. The predicted octanol–water partition coefficient (Wildman–Crippen LogP) is 1.60. The van der Waals surface area contributed by atoms with Gasteiger partial charge in [-0.1, -0.05) is 13.8 Å². The number of rotatable bonds is 7. The van der Waals surface area contributed by atoms with Crippen LogP contribution in [0.4, 0.5) is 0 Å². The molecule has 0 amide bonds. The minimum Gasteiger partial charge on any atom is -0.314 e. The molecule has 0 atom stereocenters. The second-order valence-corrected chi connectivity index (χ2v) is 5.53. The molecule has 0 unspecified atom stereocenters. The molecule has 0 spiro atoms. The van der Waals surface area contributed by atoms with E-state index in [0.717, 1.165) is 26.1 Å². The molecule has 4 nitrogen and oxygen atoms in total. The maximum atomic E-state index is 4.64. The number of nitrogens with one attached hydrogen (secondary N) is 1. The summed E-state index contributed by atoms with van der Waals surface area (Å²) in [6, 6.07) is 0.550. The normalized spacial score (nSPS) is 11.8. The largest absolute Gasteiger partial charge is 0.314 e. The maximum Gasteiger partial charge on any atom is 0.0628 e. The summed E-state index contributed by atoms with van der Waals surface area (Å²) < 4.78 is 2.14. The first-order valence-corrected chi connectivity index (χ1v) is 6.82. The Balaban J connectivity index is 2.62. The second-order valence-electron chi connectivity index (χ2n) is 5.53. The van der Waals surface area contributed by atoms with E-state index in [0.29, 0.717) is 6.04 Å². The standard InChI is InChI=1S/C14H28N4/c1-11(2)15-8-7-14-12(3)16-18(13(14)4)10-9-17(5)6/h11,15H,7-10H2,1-6H3. The molecule has 4 heteroatoms. The first-order valence-electron chi connectivity index (χ1n) is 6.82. The van der Waals surface area contributed by atoms with E-state index in [1.165, 1.54) is 17.0 Å². The highest BCUT2D eigenvalue weighted by molar-refractivity contribution is 5.24. The van der Waals surface area contributed by atoms with Crippen LogP contribution < -0.4 is 5.32 Å². The van der Waals surface area contributed by atoms with Crippen molar-refractivity contribution < 1.29 is 0 Å². The molecule has 0 aliphatic heterocycles. The van der Waals surface area contributed by atoms with Gasteiger partial charge in [0.15, 0.2) is 0 Å². The van der Waals surface area contributed by atoms with Gasteiger partial charge in [-0.3, -0.25) is 4.68 Å². The van der Waals surface area contributed by atoms with Crippen LogP contribution in [0.2, 0.25) is 0 Å². The lowest BCUT2D eigenvalue weighted by Gasteiger charge is -2.11. The summed E-state index contributed by atoms with van der Waals surface area (Å²) in [7, 11) is 4.19. The zero-order chi connectivity index (χ0) is 13.7. The lowest BCUT2D eigenvalue weighted by molar-refractivity contribution is 0.370. The number of hydrogen-bond donors (Lipinski definition) is 1. The summed E-state index contributed by atoms with van der Waals surface area (Å²) in [4.78, 5) is 2.19. The molecule has 1 rings (SSSR count). The van der Waals surface area contributed by atoms with E-state index in [1.807, 2.05) is 0 Å². The molecule has 0 aromatic carbocycles. The van der Waals surface area contributed by atoms with Gasteiger partial charge >= 0.3 is 0 Å². The van der Waals surface area contributed by atoms with Crippen molar-refractivity contribution >= 4 is 0 Å². The first-order chi connectivity index (χ1) is 8.41. The van der Waals surface area contributed by atoms with Crippen molar-refractivity contribution in [2.45, 2.75) is 46.7 Å². The molecule has 0 fully saturated rings. The minimum atomic E-state index is 0.550. The van der Waals surface area contributed by atoms with Gasteiger partial charge < -0.3 is 10.2 Å². The zero-order valence-corrected chi connectivity index (χ0v) is 12.7. The minimum absolute atomic E-state index is 0.550. The van der Waals surface area contributed by atoms with E-state index in [-0.39, 0.29) is 0 Å². The lowest BCUT2D eigenvalue weighted by atomic mass is 10.1. The summed E-state index contributed by atoms with van der Waals surface area (Å²) in [6.07, 6.45) is 1.07. The van der Waals surface area contributed by atoms with Crippen molar-refractivity contribution in [2.75, 3.05) is 27.2 Å². The Bertz CT molecular complexity index is 366. The van der Waals surface area contributed by atoms with Gasteiger partial charge in [0, 0.05) is 18.3 Å². The van der Waals surface area contributed by atoms with Gasteiger partial charge in [-0.05, 0) is 46.5 Å². The van der Waals surface area contributed by atoms with Crippen LogP contribution in [0.15, 0.2) is 0 Å². The molecule has 1 aromatic rings. The summed E-state index contributed by atoms with van der Waals surface area (Å²) >= 11 is 0. The molecule has 0 bridgehead atoms. The van der Waals surface area contributed by atoms with Gasteiger partial charge in [0.25, 0.3) is 0 Å². The second kappa shape index (κ2) is 6.90. The average Bonchev–Trinajstić information content (AvgIpc) is 2.53. The zero-order valence-electron chi connectivity index (χ0n) is 12.7. The van der Waals surface area contributed by atoms with E-state index in [2.05, 4.69) is 61.8 Å². The van der Waals surface area contributed by atoms with Gasteiger partial charge in [0.2, 0.25) is 0 Å². The van der Waals surface area contributed by atoms with Gasteiger partial charge in [0.05, 0.1) is 12.2 Å². The summed E-state index contributed by atoms with van der Waals surface area (Å²) in [6.45, 7) is 11.7. The SMILES string of the molecule is Cc1nn(CCN(C)C)c(C)c1CCNC(C)C. The van der Waals surface area contributed by atoms with E-state index < -0.39 is 0 Å². The molecule has 0 radical (unpaired) electrons. The Morgan fingerprint density at radius 1 is 1.28 bits per heavy atom. The molecular weight excluding hydrogens is 224 g/mol. The molecular formula is C14H28N4. The molecule has 1 N–H and O–H groups in total. The summed E-state index contributed by atoms with van der Waals surface area (Å²) in [5.41, 5.74) is 3.90. The molecule has 0 saturated carbocycles. The molecule has 1 aromatic heterocycles. The van der Waals surface area contributed by atoms with E-state index in [1.54, 1.807) is 0 Å². The van der Waals surface area contributed by atoms with Crippen LogP contribution in [0.5, 0.6) is 0 Å². The van der Waals surface area contributed by atoms with Crippen LogP contribution in [0, 0.1) is 13.8 Å². The predicted molar refractivity (Wildman–Crippen MR) is 77.1 cm³/mol. The maximum absolute atomic E-state index is 4.64. The molecule has 0 saturated heterocycles. The fourth-order valence-corrected chi connectivity index (χ4v) is 2.09. The van der Waals surface area contributed by atoms with E-state index >= 15 is 0 Å². The first kappa shape index (κ1) is 15.2. The number of likely N-dealkylation sites (N-methyl/N-ethyl adjacent to an activating group) is 1. The third-order valence-electron chi connectivity index (χ3n) is 3.22. The number of aromatic nitrogens is 2. The Kier molecular flexibility index (Phi) is 5.82. The van der Waals surface area contributed by atoms with Crippen LogP contribution in [-0.4, -0.2) is 47.9 Å². The average molecular weight is 252 g/mol. The molecule has 1 heterocycles. The quantitative estimate of drug-likeness (QED) is 0.800. The fraction of sp³-hybridized carbons (Fsp3) is 0.786. The van der Waals surface area contributed by atoms with Gasteiger partial charge in [-0.2, -0.15) is 5.10 Å². The summed E-state index contributed by atoms with van der Waals surface area (Å²) in [5, 5.41) is 8.10. The van der Waals surface area contributed by atoms with Gasteiger partial charge in [-0.15, -0.1) is 0 Å². The van der Waals surface area contributed by atoms with Crippen molar-refractivity contribution in [3.63, 3.8) is 0 Å². The monoisotopic (exact) mass is 252 g/mol. The topological polar surface area (TPSA) is 33.1 Å². The summed E-state index contributed by atoms with van der Waals surface area (Å²) in [5.74, 6) is 0. The van der Waals surface area contributed by atoms with Crippen molar-refractivity contribution in [3.05, 3.63) is 17.0 Å². The Morgan fingerprint density at radius 3 is 2.50 bits per heavy atom. The van der Waals surface area contributed by atoms with Crippen LogP contribution in [-0.2, 0) is 13.0 Å². The fourth-order valence-electron chi connectivity index (χ4n) is 2.09. The lowest BCUT2D eigenvalue weighted by Crippen LogP contribution is -2.25. The Hall–Kier alpha value is -0.870. The van der Waals surface area contributed by atoms with Crippen LogP contribution in [0.1, 0.15) is 30.8 Å². The van der Waals surface area contributed by atoms with Gasteiger partial charge in [0.1, 0.15) is 0 Å². The van der Waals surface area contributed by atoms with Crippen LogP contribution >= 0.6 is 0 Å². The van der Waals surface area contributed by atoms with Crippen molar-refractivity contribution in [1.29, 1.82) is 0 Å². The smallest absolute Gasteiger partial charge is 0.0628 e. The molecule has 0 aliphatic rings.